The number of ether oxygens (including phenoxy) is 1. The summed E-state index contributed by atoms with van der Waals surface area (Å²) in [5, 5.41) is 4.26. The summed E-state index contributed by atoms with van der Waals surface area (Å²) >= 11 is 0. The molecule has 2 aliphatic rings. The number of aromatic nitrogens is 1. The number of carbonyl (C=O) groups excluding carboxylic acids is 2. The zero-order chi connectivity index (χ0) is 22.9. The largest absolute Gasteiger partial charge is 0.497 e. The first-order chi connectivity index (χ1) is 16.1. The van der Waals surface area contributed by atoms with Crippen LogP contribution in [0.1, 0.15) is 66.2 Å². The van der Waals surface area contributed by atoms with Crippen molar-refractivity contribution in [3.8, 4) is 5.75 Å². The molecule has 0 spiro atoms. The van der Waals surface area contributed by atoms with Crippen LogP contribution in [0.2, 0.25) is 0 Å². The molecule has 0 saturated heterocycles. The Hall–Kier alpha value is -3.28. The third-order valence-electron chi connectivity index (χ3n) is 7.16. The maximum absolute atomic E-state index is 13.7. The summed E-state index contributed by atoms with van der Waals surface area (Å²) in [7, 11) is 3.57. The number of nitrogens with zero attached hydrogens (tertiary/aromatic N) is 2. The van der Waals surface area contributed by atoms with Crippen LogP contribution in [0.5, 0.6) is 5.75 Å². The van der Waals surface area contributed by atoms with Crippen molar-refractivity contribution < 1.29 is 14.3 Å². The second kappa shape index (κ2) is 8.93. The van der Waals surface area contributed by atoms with Gasteiger partial charge in [-0.3, -0.25) is 9.59 Å². The molecule has 1 N–H and O–H groups in total. The standard InChI is InChI=1S/C27H31N3O3/c1-29-22-12-8-7-11-21(22)24-25(18-13-15-20(33-2)16-14-18)30(27(32)26(24)29)17-23(31)28-19-9-5-3-4-6-10-19/h7-8,11-16,19,25H,3-6,9-10,17H2,1-2H3,(H,28,31)/t25-/m0/s1. The molecule has 33 heavy (non-hydrogen) atoms. The molecule has 1 aliphatic carbocycles. The zero-order valence-electron chi connectivity index (χ0n) is 19.3. The number of amides is 2. The Morgan fingerprint density at radius 2 is 1.73 bits per heavy atom. The number of benzene rings is 2. The second-order valence-corrected chi connectivity index (χ2v) is 9.20. The minimum atomic E-state index is -0.315. The van der Waals surface area contributed by atoms with Crippen LogP contribution in [-0.4, -0.2) is 41.0 Å². The molecular formula is C27H31N3O3. The Morgan fingerprint density at radius 1 is 1.03 bits per heavy atom. The highest BCUT2D eigenvalue weighted by atomic mass is 16.5. The Labute approximate surface area is 194 Å². The van der Waals surface area contributed by atoms with E-state index in [4.69, 9.17) is 4.74 Å². The molecule has 6 heteroatoms. The van der Waals surface area contributed by atoms with Crippen LogP contribution in [0.3, 0.4) is 0 Å². The van der Waals surface area contributed by atoms with Crippen molar-refractivity contribution in [3.63, 3.8) is 0 Å². The number of carbonyl (C=O) groups is 2. The lowest BCUT2D eigenvalue weighted by Crippen LogP contribution is -2.43. The quantitative estimate of drug-likeness (QED) is 0.585. The second-order valence-electron chi connectivity index (χ2n) is 9.20. The number of rotatable bonds is 5. The van der Waals surface area contributed by atoms with Gasteiger partial charge in [0.05, 0.1) is 13.2 Å². The molecule has 2 aromatic carbocycles. The van der Waals surface area contributed by atoms with Gasteiger partial charge in [0.15, 0.2) is 0 Å². The fraction of sp³-hybridized carbons (Fsp3) is 0.407. The molecule has 3 aromatic rings. The number of methoxy groups -OCH3 is 1. The van der Waals surface area contributed by atoms with Crippen LogP contribution in [-0.2, 0) is 11.8 Å². The number of para-hydroxylation sites is 1. The SMILES string of the molecule is COc1ccc([C@H]2c3c(n(C)c4ccccc34)C(=O)N2CC(=O)NC2CCCCCC2)cc1. The van der Waals surface area contributed by atoms with Gasteiger partial charge in [0, 0.05) is 29.6 Å². The first-order valence-corrected chi connectivity index (χ1v) is 11.9. The Bertz CT molecular complexity index is 1170. The topological polar surface area (TPSA) is 63.6 Å². The van der Waals surface area contributed by atoms with E-state index in [2.05, 4.69) is 11.4 Å². The fourth-order valence-corrected chi connectivity index (χ4v) is 5.51. The number of hydrogen-bond acceptors (Lipinski definition) is 3. The first kappa shape index (κ1) is 21.6. The van der Waals surface area contributed by atoms with Gasteiger partial charge in [0.2, 0.25) is 5.91 Å². The molecule has 1 aliphatic heterocycles. The van der Waals surface area contributed by atoms with Crippen molar-refractivity contribution >= 4 is 22.7 Å². The van der Waals surface area contributed by atoms with Crippen LogP contribution in [0, 0.1) is 0 Å². The van der Waals surface area contributed by atoms with Gasteiger partial charge in [-0.15, -0.1) is 0 Å². The van der Waals surface area contributed by atoms with Gasteiger partial charge >= 0.3 is 0 Å². The average Bonchev–Trinajstić information content (AvgIpc) is 3.12. The molecule has 0 bridgehead atoms. The molecule has 2 amide bonds. The number of nitrogens with one attached hydrogen (secondary N) is 1. The van der Waals surface area contributed by atoms with E-state index >= 15 is 0 Å². The van der Waals surface area contributed by atoms with E-state index in [1.807, 2.05) is 54.1 Å². The van der Waals surface area contributed by atoms with Crippen molar-refractivity contribution in [2.24, 2.45) is 7.05 Å². The van der Waals surface area contributed by atoms with E-state index in [0.717, 1.165) is 53.5 Å². The summed E-state index contributed by atoms with van der Waals surface area (Å²) in [4.78, 5) is 28.5. The highest BCUT2D eigenvalue weighted by molar-refractivity contribution is 6.07. The highest BCUT2D eigenvalue weighted by Crippen LogP contribution is 2.44. The molecule has 2 heterocycles. The summed E-state index contributed by atoms with van der Waals surface area (Å²) < 4.78 is 7.30. The molecule has 1 fully saturated rings. The van der Waals surface area contributed by atoms with Crippen molar-refractivity contribution in [2.45, 2.75) is 50.6 Å². The van der Waals surface area contributed by atoms with Gasteiger partial charge in [-0.25, -0.2) is 0 Å². The summed E-state index contributed by atoms with van der Waals surface area (Å²) in [6.07, 6.45) is 6.82. The third kappa shape index (κ3) is 3.88. The zero-order valence-corrected chi connectivity index (χ0v) is 19.3. The predicted molar refractivity (Wildman–Crippen MR) is 128 cm³/mol. The number of hydrogen-bond donors (Lipinski definition) is 1. The van der Waals surface area contributed by atoms with Crippen molar-refractivity contribution in [2.75, 3.05) is 13.7 Å². The van der Waals surface area contributed by atoms with E-state index in [9.17, 15) is 9.59 Å². The maximum atomic E-state index is 13.7. The van der Waals surface area contributed by atoms with Gasteiger partial charge in [-0.2, -0.15) is 0 Å². The molecule has 1 atom stereocenters. The highest BCUT2D eigenvalue weighted by Gasteiger charge is 2.42. The maximum Gasteiger partial charge on any atom is 0.272 e. The predicted octanol–water partition coefficient (Wildman–Crippen LogP) is 4.57. The summed E-state index contributed by atoms with van der Waals surface area (Å²) in [5.74, 6) is 0.588. The van der Waals surface area contributed by atoms with Gasteiger partial charge in [0.1, 0.15) is 18.0 Å². The van der Waals surface area contributed by atoms with Gasteiger partial charge < -0.3 is 19.5 Å². The van der Waals surface area contributed by atoms with E-state index in [-0.39, 0.29) is 30.4 Å². The normalized spacial score (nSPS) is 18.9. The van der Waals surface area contributed by atoms with Crippen molar-refractivity contribution in [1.29, 1.82) is 0 Å². The molecular weight excluding hydrogens is 414 g/mol. The van der Waals surface area contributed by atoms with Crippen LogP contribution in [0.15, 0.2) is 48.5 Å². The van der Waals surface area contributed by atoms with Crippen LogP contribution in [0.4, 0.5) is 0 Å². The van der Waals surface area contributed by atoms with Crippen molar-refractivity contribution in [1.82, 2.24) is 14.8 Å². The monoisotopic (exact) mass is 445 g/mol. The minimum Gasteiger partial charge on any atom is -0.497 e. The molecule has 1 aromatic heterocycles. The molecule has 6 nitrogen and oxygen atoms in total. The van der Waals surface area contributed by atoms with E-state index in [0.29, 0.717) is 5.69 Å². The van der Waals surface area contributed by atoms with E-state index in [1.165, 1.54) is 12.8 Å². The van der Waals surface area contributed by atoms with Crippen LogP contribution in [0.25, 0.3) is 10.9 Å². The van der Waals surface area contributed by atoms with Crippen molar-refractivity contribution in [3.05, 3.63) is 65.4 Å². The van der Waals surface area contributed by atoms with Gasteiger partial charge in [-0.05, 0) is 36.6 Å². The lowest BCUT2D eigenvalue weighted by molar-refractivity contribution is -0.122. The molecule has 0 radical (unpaired) electrons. The Kier molecular flexibility index (Phi) is 5.83. The lowest BCUT2D eigenvalue weighted by Gasteiger charge is -2.27. The summed E-state index contributed by atoms with van der Waals surface area (Å²) in [5.41, 5.74) is 3.64. The Morgan fingerprint density at radius 3 is 2.42 bits per heavy atom. The average molecular weight is 446 g/mol. The summed E-state index contributed by atoms with van der Waals surface area (Å²) in [6.45, 7) is 0.0506. The first-order valence-electron chi connectivity index (χ1n) is 11.9. The van der Waals surface area contributed by atoms with Gasteiger partial charge in [-0.1, -0.05) is 56.0 Å². The van der Waals surface area contributed by atoms with Gasteiger partial charge in [0.25, 0.3) is 5.91 Å². The Balaban J connectivity index is 1.50. The number of aryl methyl sites for hydroxylation is 1. The van der Waals surface area contributed by atoms with E-state index in [1.54, 1.807) is 12.0 Å². The summed E-state index contributed by atoms with van der Waals surface area (Å²) in [6, 6.07) is 15.8. The fourth-order valence-electron chi connectivity index (χ4n) is 5.51. The number of fused-ring (bicyclic) bond motifs is 3. The molecule has 172 valence electrons. The molecule has 0 unspecified atom stereocenters. The lowest BCUT2D eigenvalue weighted by atomic mass is 9.98. The molecule has 1 saturated carbocycles. The third-order valence-corrected chi connectivity index (χ3v) is 7.16. The molecule has 5 rings (SSSR count). The van der Waals surface area contributed by atoms with Crippen LogP contribution < -0.4 is 10.1 Å². The minimum absolute atomic E-state index is 0.0506. The van der Waals surface area contributed by atoms with Crippen LogP contribution >= 0.6 is 0 Å². The van der Waals surface area contributed by atoms with E-state index < -0.39 is 0 Å². The smallest absolute Gasteiger partial charge is 0.272 e.